The predicted octanol–water partition coefficient (Wildman–Crippen LogP) is 4.26. The van der Waals surface area contributed by atoms with Gasteiger partial charge in [0.25, 0.3) is 0 Å². The summed E-state index contributed by atoms with van der Waals surface area (Å²) < 4.78 is 6.34. The van der Waals surface area contributed by atoms with Crippen LogP contribution >= 0.6 is 15.9 Å². The predicted molar refractivity (Wildman–Crippen MR) is 69.1 cm³/mol. The van der Waals surface area contributed by atoms with Gasteiger partial charge in [-0.05, 0) is 52.7 Å². The number of halogens is 1. The van der Waals surface area contributed by atoms with Crippen LogP contribution in [0, 0.1) is 11.8 Å². The Morgan fingerprint density at radius 3 is 2.94 bits per heavy atom. The molecule has 0 saturated heterocycles. The fourth-order valence-corrected chi connectivity index (χ4v) is 3.09. The second kappa shape index (κ2) is 5.37. The molecule has 90 valence electrons. The lowest BCUT2D eigenvalue weighted by atomic mass is 9.76. The topological polar surface area (TPSA) is 39.2 Å². The minimum absolute atomic E-state index is 0.0700. The van der Waals surface area contributed by atoms with Crippen LogP contribution in [0.15, 0.2) is 21.2 Å². The van der Waals surface area contributed by atoms with Crippen LogP contribution < -0.4 is 5.73 Å². The van der Waals surface area contributed by atoms with Gasteiger partial charge >= 0.3 is 0 Å². The number of furan rings is 1. The van der Waals surface area contributed by atoms with Crippen LogP contribution in [0.1, 0.15) is 50.8 Å². The Balaban J connectivity index is 2.01. The molecular weight excluding hydrogens is 266 g/mol. The number of hydrogen-bond donors (Lipinski definition) is 1. The fourth-order valence-electron chi connectivity index (χ4n) is 2.77. The van der Waals surface area contributed by atoms with E-state index in [1.165, 1.54) is 32.1 Å². The van der Waals surface area contributed by atoms with Gasteiger partial charge in [0.2, 0.25) is 0 Å². The summed E-state index contributed by atoms with van der Waals surface area (Å²) in [5.74, 6) is 2.38. The maximum Gasteiger partial charge on any atom is 0.169 e. The number of nitrogens with two attached hydrogens (primary N) is 1. The highest BCUT2D eigenvalue weighted by Crippen LogP contribution is 2.37. The Hall–Kier alpha value is -0.280. The molecule has 1 saturated carbocycles. The normalized spacial score (nSPS) is 27.9. The third-order valence-corrected chi connectivity index (χ3v) is 4.26. The maximum atomic E-state index is 6.29. The minimum Gasteiger partial charge on any atom is -0.453 e. The van der Waals surface area contributed by atoms with Gasteiger partial charge in [0.1, 0.15) is 5.76 Å². The van der Waals surface area contributed by atoms with Crippen molar-refractivity contribution in [2.45, 2.75) is 45.1 Å². The molecule has 0 spiro atoms. The second-order valence-corrected chi connectivity index (χ2v) is 5.65. The van der Waals surface area contributed by atoms with E-state index >= 15 is 0 Å². The third-order valence-electron chi connectivity index (χ3n) is 3.83. The fraction of sp³-hybridized carbons (Fsp3) is 0.692. The van der Waals surface area contributed by atoms with Gasteiger partial charge in [-0.1, -0.05) is 26.2 Å². The standard InChI is InChI=1S/C13H20BrNO/c1-2-9-4-3-5-10(8-9)13(15)11-6-7-12(14)16-11/h6-7,9-10,13H,2-5,8,15H2,1H3. The minimum atomic E-state index is 0.0700. The van der Waals surface area contributed by atoms with Crippen molar-refractivity contribution in [2.24, 2.45) is 17.6 Å². The summed E-state index contributed by atoms with van der Waals surface area (Å²) in [7, 11) is 0. The first-order chi connectivity index (χ1) is 7.70. The van der Waals surface area contributed by atoms with E-state index in [1.54, 1.807) is 0 Å². The van der Waals surface area contributed by atoms with Crippen LogP contribution in [0.5, 0.6) is 0 Å². The van der Waals surface area contributed by atoms with Crippen LogP contribution in [0.3, 0.4) is 0 Å². The van der Waals surface area contributed by atoms with E-state index in [0.29, 0.717) is 5.92 Å². The van der Waals surface area contributed by atoms with Gasteiger partial charge in [-0.2, -0.15) is 0 Å². The molecule has 2 rings (SSSR count). The molecule has 0 bridgehead atoms. The molecule has 3 heteroatoms. The molecule has 0 aromatic carbocycles. The van der Waals surface area contributed by atoms with Gasteiger partial charge in [-0.3, -0.25) is 0 Å². The van der Waals surface area contributed by atoms with Gasteiger partial charge in [0.15, 0.2) is 4.67 Å². The van der Waals surface area contributed by atoms with Gasteiger partial charge in [0, 0.05) is 0 Å². The van der Waals surface area contributed by atoms with E-state index in [1.807, 2.05) is 12.1 Å². The van der Waals surface area contributed by atoms with Gasteiger partial charge in [-0.15, -0.1) is 0 Å². The summed E-state index contributed by atoms with van der Waals surface area (Å²) in [4.78, 5) is 0. The van der Waals surface area contributed by atoms with Crippen molar-refractivity contribution in [2.75, 3.05) is 0 Å². The molecule has 1 aromatic rings. The summed E-state index contributed by atoms with van der Waals surface area (Å²) in [5, 5.41) is 0. The van der Waals surface area contributed by atoms with Gasteiger partial charge in [-0.25, -0.2) is 0 Å². The molecule has 1 aliphatic carbocycles. The smallest absolute Gasteiger partial charge is 0.169 e. The molecule has 3 atom stereocenters. The van der Waals surface area contributed by atoms with Crippen LogP contribution in [0.2, 0.25) is 0 Å². The van der Waals surface area contributed by atoms with Crippen LogP contribution in [0.4, 0.5) is 0 Å². The van der Waals surface area contributed by atoms with Crippen molar-refractivity contribution in [3.05, 3.63) is 22.6 Å². The quantitative estimate of drug-likeness (QED) is 0.901. The lowest BCUT2D eigenvalue weighted by molar-refractivity contribution is 0.216. The second-order valence-electron chi connectivity index (χ2n) is 4.87. The van der Waals surface area contributed by atoms with Gasteiger partial charge < -0.3 is 10.2 Å². The molecule has 2 N–H and O–H groups in total. The maximum absolute atomic E-state index is 6.29. The molecule has 1 aliphatic rings. The Labute approximate surface area is 106 Å². The molecule has 1 heterocycles. The lowest BCUT2D eigenvalue weighted by Gasteiger charge is -2.31. The molecule has 3 unspecified atom stereocenters. The zero-order chi connectivity index (χ0) is 11.5. The summed E-state index contributed by atoms with van der Waals surface area (Å²) in [5.41, 5.74) is 6.29. The van der Waals surface area contributed by atoms with Crippen molar-refractivity contribution in [3.63, 3.8) is 0 Å². The van der Waals surface area contributed by atoms with Crippen LogP contribution in [0.25, 0.3) is 0 Å². The summed E-state index contributed by atoms with van der Waals surface area (Å²) >= 11 is 3.33. The van der Waals surface area contributed by atoms with Crippen molar-refractivity contribution >= 4 is 15.9 Å². The number of rotatable bonds is 3. The molecular formula is C13H20BrNO. The molecule has 1 aromatic heterocycles. The van der Waals surface area contributed by atoms with E-state index in [9.17, 15) is 0 Å². The van der Waals surface area contributed by atoms with Crippen molar-refractivity contribution in [1.29, 1.82) is 0 Å². The average Bonchev–Trinajstić information content (AvgIpc) is 2.75. The molecule has 1 fully saturated rings. The Morgan fingerprint density at radius 2 is 2.31 bits per heavy atom. The van der Waals surface area contributed by atoms with Crippen LogP contribution in [-0.4, -0.2) is 0 Å². The van der Waals surface area contributed by atoms with E-state index in [-0.39, 0.29) is 6.04 Å². The lowest BCUT2D eigenvalue weighted by Crippen LogP contribution is -2.26. The van der Waals surface area contributed by atoms with E-state index in [0.717, 1.165) is 16.3 Å². The SMILES string of the molecule is CCC1CCCC(C(N)c2ccc(Br)o2)C1. The summed E-state index contributed by atoms with van der Waals surface area (Å²) in [6.45, 7) is 2.28. The summed E-state index contributed by atoms with van der Waals surface area (Å²) in [6, 6.07) is 3.99. The molecule has 0 radical (unpaired) electrons. The van der Waals surface area contributed by atoms with Gasteiger partial charge in [0.05, 0.1) is 6.04 Å². The first-order valence-corrected chi connectivity index (χ1v) is 7.00. The third kappa shape index (κ3) is 2.69. The average molecular weight is 286 g/mol. The van der Waals surface area contributed by atoms with Crippen molar-refractivity contribution in [3.8, 4) is 0 Å². The highest BCUT2D eigenvalue weighted by atomic mass is 79.9. The zero-order valence-electron chi connectivity index (χ0n) is 9.79. The highest BCUT2D eigenvalue weighted by Gasteiger charge is 2.28. The van der Waals surface area contributed by atoms with E-state index < -0.39 is 0 Å². The largest absolute Gasteiger partial charge is 0.453 e. The molecule has 2 nitrogen and oxygen atoms in total. The van der Waals surface area contributed by atoms with E-state index in [2.05, 4.69) is 22.9 Å². The van der Waals surface area contributed by atoms with Crippen LogP contribution in [-0.2, 0) is 0 Å². The van der Waals surface area contributed by atoms with E-state index in [4.69, 9.17) is 10.2 Å². The molecule has 0 aliphatic heterocycles. The Morgan fingerprint density at radius 1 is 1.50 bits per heavy atom. The first-order valence-electron chi connectivity index (χ1n) is 6.21. The summed E-state index contributed by atoms with van der Waals surface area (Å²) in [6.07, 6.45) is 6.48. The Kier molecular flexibility index (Phi) is 4.09. The monoisotopic (exact) mass is 285 g/mol. The Bertz CT molecular complexity index is 336. The number of hydrogen-bond acceptors (Lipinski definition) is 2. The first kappa shape index (κ1) is 12.2. The molecule has 16 heavy (non-hydrogen) atoms. The zero-order valence-corrected chi connectivity index (χ0v) is 11.4. The van der Waals surface area contributed by atoms with Crippen molar-refractivity contribution < 1.29 is 4.42 Å². The highest BCUT2D eigenvalue weighted by molar-refractivity contribution is 9.10. The van der Waals surface area contributed by atoms with Crippen molar-refractivity contribution in [1.82, 2.24) is 0 Å². The molecule has 0 amide bonds.